The number of nitrogens with one attached hydrogen (secondary N) is 1. The van der Waals surface area contributed by atoms with Crippen molar-refractivity contribution in [2.24, 2.45) is 5.10 Å². The van der Waals surface area contributed by atoms with Gasteiger partial charge in [-0.3, -0.25) is 5.43 Å². The van der Waals surface area contributed by atoms with E-state index in [4.69, 9.17) is 4.74 Å². The first-order valence-electron chi connectivity index (χ1n) is 9.29. The van der Waals surface area contributed by atoms with Gasteiger partial charge in [-0.15, -0.1) is 11.3 Å². The van der Waals surface area contributed by atoms with Gasteiger partial charge in [0.2, 0.25) is 5.13 Å². The number of benzene rings is 2. The van der Waals surface area contributed by atoms with Crippen LogP contribution in [0.4, 0.5) is 5.13 Å². The van der Waals surface area contributed by atoms with Crippen molar-refractivity contribution in [2.45, 2.75) is 33.1 Å². The van der Waals surface area contributed by atoms with Gasteiger partial charge in [0.1, 0.15) is 5.75 Å². The molecule has 0 fully saturated rings. The molecule has 0 amide bonds. The summed E-state index contributed by atoms with van der Waals surface area (Å²) in [6, 6.07) is 16.2. The van der Waals surface area contributed by atoms with Gasteiger partial charge < -0.3 is 4.74 Å². The molecule has 0 saturated heterocycles. The van der Waals surface area contributed by atoms with Crippen molar-refractivity contribution in [2.75, 3.05) is 12.0 Å². The topological polar surface area (TPSA) is 46.5 Å². The van der Waals surface area contributed by atoms with E-state index >= 15 is 0 Å². The number of aryl methyl sites for hydroxylation is 1. The van der Waals surface area contributed by atoms with Crippen LogP contribution in [0.15, 0.2) is 59.0 Å². The maximum Gasteiger partial charge on any atom is 0.203 e. The van der Waals surface area contributed by atoms with Gasteiger partial charge >= 0.3 is 0 Å². The van der Waals surface area contributed by atoms with Gasteiger partial charge in [-0.05, 0) is 42.7 Å². The zero-order valence-electron chi connectivity index (χ0n) is 15.8. The third-order valence-corrected chi connectivity index (χ3v) is 4.90. The molecule has 140 valence electrons. The third-order valence-electron chi connectivity index (χ3n) is 4.15. The monoisotopic (exact) mass is 379 g/mol. The predicted molar refractivity (Wildman–Crippen MR) is 115 cm³/mol. The van der Waals surface area contributed by atoms with E-state index in [2.05, 4.69) is 47.6 Å². The molecular formula is C22H25N3OS. The van der Waals surface area contributed by atoms with Gasteiger partial charge in [0.05, 0.1) is 18.5 Å². The van der Waals surface area contributed by atoms with Crippen LogP contribution in [-0.2, 0) is 0 Å². The Hall–Kier alpha value is -2.66. The minimum Gasteiger partial charge on any atom is -0.493 e. The second-order valence-electron chi connectivity index (χ2n) is 6.35. The molecule has 0 aliphatic carbocycles. The quantitative estimate of drug-likeness (QED) is 0.276. The van der Waals surface area contributed by atoms with Crippen LogP contribution in [-0.4, -0.2) is 17.8 Å². The highest BCUT2D eigenvalue weighted by Crippen LogP contribution is 2.24. The molecule has 3 aromatic rings. The summed E-state index contributed by atoms with van der Waals surface area (Å²) < 4.78 is 5.84. The highest BCUT2D eigenvalue weighted by atomic mass is 32.1. The number of ether oxygens (including phenoxy) is 1. The molecule has 0 aliphatic heterocycles. The molecule has 0 atom stereocenters. The van der Waals surface area contributed by atoms with E-state index in [1.807, 2.05) is 35.7 Å². The molecule has 1 heterocycles. The Balaban J connectivity index is 1.55. The van der Waals surface area contributed by atoms with Crippen molar-refractivity contribution >= 4 is 22.7 Å². The van der Waals surface area contributed by atoms with Gasteiger partial charge in [-0.25, -0.2) is 4.98 Å². The summed E-state index contributed by atoms with van der Waals surface area (Å²) in [6.45, 7) is 5.03. The molecular weight excluding hydrogens is 354 g/mol. The molecule has 1 N–H and O–H groups in total. The van der Waals surface area contributed by atoms with Gasteiger partial charge in [-0.1, -0.05) is 50.1 Å². The number of aromatic nitrogens is 1. The van der Waals surface area contributed by atoms with E-state index in [1.54, 1.807) is 17.6 Å². The minimum absolute atomic E-state index is 0.775. The Morgan fingerprint density at radius 2 is 2.00 bits per heavy atom. The number of thiazole rings is 1. The van der Waals surface area contributed by atoms with Crippen molar-refractivity contribution in [1.82, 2.24) is 4.98 Å². The molecule has 0 saturated carbocycles. The molecule has 2 aromatic carbocycles. The van der Waals surface area contributed by atoms with E-state index in [9.17, 15) is 0 Å². The van der Waals surface area contributed by atoms with Gasteiger partial charge in [-0.2, -0.15) is 5.10 Å². The Labute approximate surface area is 164 Å². The van der Waals surface area contributed by atoms with E-state index in [1.165, 1.54) is 12.8 Å². The maximum atomic E-state index is 5.84. The molecule has 1 aromatic heterocycles. The normalized spacial score (nSPS) is 11.0. The van der Waals surface area contributed by atoms with Crippen molar-refractivity contribution in [3.63, 3.8) is 0 Å². The number of hydrogen-bond donors (Lipinski definition) is 1. The van der Waals surface area contributed by atoms with Crippen molar-refractivity contribution in [1.29, 1.82) is 0 Å². The van der Waals surface area contributed by atoms with Crippen molar-refractivity contribution in [3.8, 4) is 17.0 Å². The van der Waals surface area contributed by atoms with Gasteiger partial charge in [0.25, 0.3) is 0 Å². The molecule has 4 nitrogen and oxygen atoms in total. The average molecular weight is 380 g/mol. The predicted octanol–water partition coefficient (Wildman–Crippen LogP) is 6.13. The summed E-state index contributed by atoms with van der Waals surface area (Å²) in [5.41, 5.74) is 7.23. The van der Waals surface area contributed by atoms with Crippen LogP contribution < -0.4 is 10.2 Å². The van der Waals surface area contributed by atoms with Crippen LogP contribution >= 0.6 is 11.3 Å². The lowest BCUT2D eigenvalue weighted by molar-refractivity contribution is 0.304. The first-order chi connectivity index (χ1) is 13.3. The molecule has 27 heavy (non-hydrogen) atoms. The second-order valence-corrected chi connectivity index (χ2v) is 7.21. The third kappa shape index (κ3) is 5.66. The van der Waals surface area contributed by atoms with E-state index in [0.29, 0.717) is 0 Å². The Morgan fingerprint density at radius 3 is 2.78 bits per heavy atom. The second kappa shape index (κ2) is 9.88. The van der Waals surface area contributed by atoms with E-state index < -0.39 is 0 Å². The highest BCUT2D eigenvalue weighted by molar-refractivity contribution is 7.14. The summed E-state index contributed by atoms with van der Waals surface area (Å²) in [5, 5.41) is 7.11. The Kier molecular flexibility index (Phi) is 6.99. The summed E-state index contributed by atoms with van der Waals surface area (Å²) >= 11 is 1.54. The largest absolute Gasteiger partial charge is 0.493 e. The Morgan fingerprint density at radius 1 is 1.15 bits per heavy atom. The van der Waals surface area contributed by atoms with Crippen LogP contribution in [0.1, 0.15) is 37.3 Å². The fourth-order valence-corrected chi connectivity index (χ4v) is 3.35. The molecule has 3 rings (SSSR count). The molecule has 0 bridgehead atoms. The number of rotatable bonds is 9. The van der Waals surface area contributed by atoms with E-state index in [0.717, 1.165) is 46.3 Å². The zero-order valence-corrected chi connectivity index (χ0v) is 16.6. The zero-order chi connectivity index (χ0) is 18.9. The number of unbranched alkanes of at least 4 members (excludes halogenated alkanes) is 2. The molecule has 0 unspecified atom stereocenters. The first kappa shape index (κ1) is 19.1. The van der Waals surface area contributed by atoms with Crippen LogP contribution in [0.5, 0.6) is 5.75 Å². The number of hydrazone groups is 1. The number of anilines is 1. The van der Waals surface area contributed by atoms with E-state index in [-0.39, 0.29) is 0 Å². The standard InChI is InChI=1S/C22H25N3OS/c1-3-4-8-13-26-21-12-11-18(14-17(21)2)15-23-25-22-24-20(16-27-22)19-9-6-5-7-10-19/h5-7,9-12,14-16H,3-4,8,13H2,1-2H3,(H,24,25). The Bertz CT molecular complexity index is 874. The van der Waals surface area contributed by atoms with Gasteiger partial charge in [0.15, 0.2) is 0 Å². The summed E-state index contributed by atoms with van der Waals surface area (Å²) in [5.74, 6) is 0.948. The summed E-state index contributed by atoms with van der Waals surface area (Å²) in [7, 11) is 0. The lowest BCUT2D eigenvalue weighted by atomic mass is 10.1. The number of hydrogen-bond acceptors (Lipinski definition) is 5. The van der Waals surface area contributed by atoms with Crippen LogP contribution in [0.3, 0.4) is 0 Å². The van der Waals surface area contributed by atoms with Crippen LogP contribution in [0.2, 0.25) is 0 Å². The molecule has 0 radical (unpaired) electrons. The number of nitrogens with zero attached hydrogens (tertiary/aromatic N) is 2. The minimum atomic E-state index is 0.775. The fourth-order valence-electron chi connectivity index (χ4n) is 2.68. The molecule has 0 spiro atoms. The maximum absolute atomic E-state index is 5.84. The average Bonchev–Trinajstić information content (AvgIpc) is 3.16. The van der Waals surface area contributed by atoms with Crippen LogP contribution in [0, 0.1) is 6.92 Å². The molecule has 0 aliphatic rings. The first-order valence-corrected chi connectivity index (χ1v) is 10.2. The summed E-state index contributed by atoms with van der Waals surface area (Å²) in [6.07, 6.45) is 5.31. The fraction of sp³-hybridized carbons (Fsp3) is 0.273. The van der Waals surface area contributed by atoms with Crippen molar-refractivity contribution < 1.29 is 4.74 Å². The molecule has 5 heteroatoms. The van der Waals surface area contributed by atoms with Crippen LogP contribution in [0.25, 0.3) is 11.3 Å². The lowest BCUT2D eigenvalue weighted by Gasteiger charge is -2.09. The smallest absolute Gasteiger partial charge is 0.203 e. The summed E-state index contributed by atoms with van der Waals surface area (Å²) in [4.78, 5) is 4.57. The SMILES string of the molecule is CCCCCOc1ccc(C=NNc2nc(-c3ccccc3)cs2)cc1C. The highest BCUT2D eigenvalue weighted by Gasteiger charge is 2.03. The van der Waals surface area contributed by atoms with Crippen molar-refractivity contribution in [3.05, 3.63) is 65.0 Å². The lowest BCUT2D eigenvalue weighted by Crippen LogP contribution is -1.99. The van der Waals surface area contributed by atoms with Gasteiger partial charge in [0, 0.05) is 10.9 Å².